The van der Waals surface area contributed by atoms with Crippen molar-refractivity contribution in [3.05, 3.63) is 114 Å². The predicted octanol–water partition coefficient (Wildman–Crippen LogP) is 9.50. The van der Waals surface area contributed by atoms with Gasteiger partial charge in [-0.15, -0.1) is 11.3 Å². The number of fused-ring (bicyclic) bond motifs is 3. The summed E-state index contributed by atoms with van der Waals surface area (Å²) in [5.74, 6) is -0.195. The van der Waals surface area contributed by atoms with Crippen molar-refractivity contribution in [1.82, 2.24) is 0 Å². The van der Waals surface area contributed by atoms with Crippen LogP contribution < -0.4 is 4.57 Å². The second-order valence-corrected chi connectivity index (χ2v) is 12.5. The molecule has 0 bridgehead atoms. The van der Waals surface area contributed by atoms with Crippen LogP contribution in [0.2, 0.25) is 0 Å². The average Bonchev–Trinajstić information content (AvgIpc) is 3.31. The van der Waals surface area contributed by atoms with Gasteiger partial charge in [-0.3, -0.25) is 0 Å². The van der Waals surface area contributed by atoms with Gasteiger partial charge in [0.25, 0.3) is 0 Å². The van der Waals surface area contributed by atoms with Crippen molar-refractivity contribution in [3.63, 3.8) is 0 Å². The van der Waals surface area contributed by atoms with Crippen LogP contribution >= 0.6 is 11.3 Å². The number of aromatic nitrogens is 1. The third kappa shape index (κ3) is 4.28. The molecule has 6 rings (SSSR count). The smallest absolute Gasteiger partial charge is 0.200 e. The molecule has 0 unspecified atom stereocenters. The molecule has 4 aromatic carbocycles. The Bertz CT molecular complexity index is 1970. The van der Waals surface area contributed by atoms with E-state index in [4.69, 9.17) is 0 Å². The molecule has 0 aliphatic rings. The van der Waals surface area contributed by atoms with Crippen molar-refractivity contribution < 1.29 is 8.96 Å². The lowest BCUT2D eigenvalue weighted by Crippen LogP contribution is -2.33. The second kappa shape index (κ2) is 9.70. The largest absolute Gasteiger partial charge is 0.214 e. The highest BCUT2D eigenvalue weighted by atomic mass is 32.1. The quantitative estimate of drug-likeness (QED) is 0.205. The monoisotopic (exact) mass is 541 g/mol. The third-order valence-electron chi connectivity index (χ3n) is 7.69. The Labute approximate surface area is 238 Å². The van der Waals surface area contributed by atoms with Crippen LogP contribution in [0.4, 0.5) is 4.39 Å². The van der Waals surface area contributed by atoms with Gasteiger partial charge in [0, 0.05) is 37.4 Å². The SMILES string of the molecule is Cc1ccc2c(sc3c(-c4cccc(-c5ccccc5)c4)c(C#N)ccc32)c1-c1cc(C(C)(C)C)c(F)c[n+]1C. The lowest BCUT2D eigenvalue weighted by Gasteiger charge is -2.20. The molecule has 6 aromatic rings. The molecule has 4 heteroatoms. The lowest BCUT2D eigenvalue weighted by molar-refractivity contribution is -0.662. The summed E-state index contributed by atoms with van der Waals surface area (Å²) in [6.45, 7) is 8.24. The fraction of sp³-hybridized carbons (Fsp3) is 0.167. The standard InChI is InChI=1S/C36H30FN2S/c1-22-14-16-27-28-17-15-26(20-38)33(25-13-9-12-24(18-25)23-10-7-6-8-11-23)35(28)40-34(27)32(22)31-19-29(36(2,3)4)30(37)21-39(31)5/h6-19,21H,1-5H3/q+1. The van der Waals surface area contributed by atoms with Crippen LogP contribution in [0.5, 0.6) is 0 Å². The summed E-state index contributed by atoms with van der Waals surface area (Å²) in [6, 6.07) is 31.5. The van der Waals surface area contributed by atoms with Crippen LogP contribution in [0.25, 0.3) is 53.7 Å². The maximum atomic E-state index is 15.1. The van der Waals surface area contributed by atoms with Crippen molar-refractivity contribution in [2.75, 3.05) is 0 Å². The summed E-state index contributed by atoms with van der Waals surface area (Å²) >= 11 is 1.72. The van der Waals surface area contributed by atoms with E-state index in [-0.39, 0.29) is 11.2 Å². The topological polar surface area (TPSA) is 27.7 Å². The van der Waals surface area contributed by atoms with Gasteiger partial charge in [-0.2, -0.15) is 9.83 Å². The number of nitriles is 1. The molecule has 0 fully saturated rings. The maximum absolute atomic E-state index is 15.1. The Balaban J connectivity index is 1.65. The fourth-order valence-electron chi connectivity index (χ4n) is 5.62. The first-order chi connectivity index (χ1) is 19.2. The van der Waals surface area contributed by atoms with E-state index >= 15 is 4.39 Å². The molecular weight excluding hydrogens is 511 g/mol. The van der Waals surface area contributed by atoms with Crippen molar-refractivity contribution >= 4 is 31.5 Å². The average molecular weight is 542 g/mol. The number of hydrogen-bond donors (Lipinski definition) is 0. The Hall–Kier alpha value is -4.33. The number of rotatable bonds is 3. The van der Waals surface area contributed by atoms with Gasteiger partial charge in [-0.25, -0.2) is 4.39 Å². The number of nitrogens with zero attached hydrogens (tertiary/aromatic N) is 2. The molecule has 0 aliphatic heterocycles. The molecule has 0 amide bonds. The molecule has 0 saturated carbocycles. The Morgan fingerprint density at radius 1 is 0.775 bits per heavy atom. The highest BCUT2D eigenvalue weighted by molar-refractivity contribution is 7.27. The minimum Gasteiger partial charge on any atom is -0.200 e. The first-order valence-corrected chi connectivity index (χ1v) is 14.2. The van der Waals surface area contributed by atoms with E-state index < -0.39 is 0 Å². The van der Waals surface area contributed by atoms with Crippen LogP contribution in [0.15, 0.2) is 91.1 Å². The first kappa shape index (κ1) is 25.9. The number of halogens is 1. The zero-order chi connectivity index (χ0) is 28.2. The molecule has 2 aromatic heterocycles. The normalized spacial score (nSPS) is 11.7. The van der Waals surface area contributed by atoms with E-state index in [2.05, 4.69) is 67.6 Å². The van der Waals surface area contributed by atoms with E-state index in [0.29, 0.717) is 11.1 Å². The van der Waals surface area contributed by atoms with Gasteiger partial charge in [0.2, 0.25) is 11.9 Å². The Morgan fingerprint density at radius 3 is 2.12 bits per heavy atom. The number of pyridine rings is 1. The summed E-state index contributed by atoms with van der Waals surface area (Å²) in [7, 11) is 1.91. The fourth-order valence-corrected chi connectivity index (χ4v) is 7.10. The van der Waals surface area contributed by atoms with Gasteiger partial charge >= 0.3 is 0 Å². The molecule has 0 atom stereocenters. The highest BCUT2D eigenvalue weighted by Gasteiger charge is 2.27. The molecule has 40 heavy (non-hydrogen) atoms. The van der Waals surface area contributed by atoms with Crippen molar-refractivity contribution in [2.24, 2.45) is 7.05 Å². The number of aryl methyl sites for hydroxylation is 2. The molecule has 0 saturated heterocycles. The zero-order valence-electron chi connectivity index (χ0n) is 23.3. The molecule has 196 valence electrons. The van der Waals surface area contributed by atoms with Crippen molar-refractivity contribution in [1.29, 1.82) is 5.26 Å². The lowest BCUT2D eigenvalue weighted by atomic mass is 9.86. The Kier molecular flexibility index (Phi) is 6.28. The van der Waals surface area contributed by atoms with Crippen LogP contribution in [-0.2, 0) is 12.5 Å². The maximum Gasteiger partial charge on any atom is 0.214 e. The number of benzene rings is 4. The third-order valence-corrected chi connectivity index (χ3v) is 8.94. The van der Waals surface area contributed by atoms with Crippen LogP contribution in [0.1, 0.15) is 37.5 Å². The zero-order valence-corrected chi connectivity index (χ0v) is 24.2. The second-order valence-electron chi connectivity index (χ2n) is 11.4. The summed E-state index contributed by atoms with van der Waals surface area (Å²) in [5, 5.41) is 12.4. The molecule has 0 N–H and O–H groups in total. The number of thiophene rings is 1. The van der Waals surface area contributed by atoms with Gasteiger partial charge in [-0.05, 0) is 46.7 Å². The Morgan fingerprint density at radius 2 is 1.43 bits per heavy atom. The predicted molar refractivity (Wildman–Crippen MR) is 165 cm³/mol. The van der Waals surface area contributed by atoms with E-state index in [1.807, 2.05) is 62.7 Å². The minimum absolute atomic E-state index is 0.195. The first-order valence-electron chi connectivity index (χ1n) is 13.4. The van der Waals surface area contributed by atoms with Crippen LogP contribution in [0.3, 0.4) is 0 Å². The van der Waals surface area contributed by atoms with Gasteiger partial charge in [-0.1, -0.05) is 87.5 Å². The minimum atomic E-state index is -0.326. The molecule has 0 spiro atoms. The van der Waals surface area contributed by atoms with E-state index in [0.717, 1.165) is 59.2 Å². The van der Waals surface area contributed by atoms with Gasteiger partial charge < -0.3 is 0 Å². The van der Waals surface area contributed by atoms with Gasteiger partial charge in [0.15, 0.2) is 5.82 Å². The van der Waals surface area contributed by atoms with E-state index in [1.54, 1.807) is 17.5 Å². The summed E-state index contributed by atoms with van der Waals surface area (Å²) < 4.78 is 19.2. The molecule has 2 heterocycles. The van der Waals surface area contributed by atoms with E-state index in [1.165, 1.54) is 0 Å². The molecule has 0 aliphatic carbocycles. The van der Waals surface area contributed by atoms with Gasteiger partial charge in [0.05, 0.1) is 17.2 Å². The molecule has 0 radical (unpaired) electrons. The number of hydrogen-bond acceptors (Lipinski definition) is 2. The highest BCUT2D eigenvalue weighted by Crippen LogP contribution is 2.46. The molecular formula is C36H30FN2S+. The summed E-state index contributed by atoms with van der Waals surface area (Å²) in [6.07, 6.45) is 1.59. The summed E-state index contributed by atoms with van der Waals surface area (Å²) in [4.78, 5) is 0. The van der Waals surface area contributed by atoms with Crippen molar-refractivity contribution in [3.8, 4) is 39.6 Å². The van der Waals surface area contributed by atoms with Crippen molar-refractivity contribution in [2.45, 2.75) is 33.1 Å². The van der Waals surface area contributed by atoms with Gasteiger partial charge in [0.1, 0.15) is 7.05 Å². The van der Waals surface area contributed by atoms with Crippen LogP contribution in [0, 0.1) is 24.1 Å². The molecule has 2 nitrogen and oxygen atoms in total. The van der Waals surface area contributed by atoms with Crippen LogP contribution in [-0.4, -0.2) is 0 Å². The summed E-state index contributed by atoms with van der Waals surface area (Å²) in [5.41, 5.74) is 8.49. The van der Waals surface area contributed by atoms with E-state index in [9.17, 15) is 5.26 Å².